The quantitative estimate of drug-likeness (QED) is 0.640. The number of hydrogen-bond acceptors (Lipinski definition) is 2. The number of nitrogens with zero attached hydrogens (tertiary/aromatic N) is 2. The summed E-state index contributed by atoms with van der Waals surface area (Å²) >= 11 is 5.80. The van der Waals surface area contributed by atoms with E-state index in [2.05, 4.69) is 4.98 Å². The Balaban J connectivity index is 3.02. The second kappa shape index (κ2) is 2.85. The van der Waals surface area contributed by atoms with Crippen molar-refractivity contribution in [2.24, 2.45) is 0 Å². The van der Waals surface area contributed by atoms with Gasteiger partial charge in [0.15, 0.2) is 0 Å². The summed E-state index contributed by atoms with van der Waals surface area (Å²) in [6, 6.07) is 7.25. The lowest BCUT2D eigenvalue weighted by Crippen LogP contribution is -2.17. The standard InChI is InChI=1S/C9H7ClN2O/c1-6-9(13)12(10)8-5-3-2-4-7(8)11-6/h2-5H,1H3. The first-order valence-corrected chi connectivity index (χ1v) is 4.18. The maximum Gasteiger partial charge on any atom is 0.287 e. The lowest BCUT2D eigenvalue weighted by molar-refractivity contribution is 1.07. The largest absolute Gasteiger partial charge is 0.287 e. The van der Waals surface area contributed by atoms with Crippen LogP contribution in [0.5, 0.6) is 0 Å². The van der Waals surface area contributed by atoms with Crippen molar-refractivity contribution in [3.05, 3.63) is 40.3 Å². The zero-order chi connectivity index (χ0) is 9.42. The smallest absolute Gasteiger partial charge is 0.266 e. The van der Waals surface area contributed by atoms with Gasteiger partial charge in [-0.2, -0.15) is 0 Å². The normalized spacial score (nSPS) is 10.6. The van der Waals surface area contributed by atoms with Crippen LogP contribution >= 0.6 is 11.8 Å². The fourth-order valence-electron chi connectivity index (χ4n) is 1.20. The molecule has 0 saturated carbocycles. The van der Waals surface area contributed by atoms with Crippen LogP contribution in [0.25, 0.3) is 11.0 Å². The zero-order valence-corrected chi connectivity index (χ0v) is 7.75. The van der Waals surface area contributed by atoms with Gasteiger partial charge in [-0.25, -0.2) is 9.07 Å². The molecule has 0 radical (unpaired) electrons. The number of aromatic nitrogens is 2. The third-order valence-electron chi connectivity index (χ3n) is 1.87. The molecule has 2 rings (SSSR count). The Morgan fingerprint density at radius 1 is 1.38 bits per heavy atom. The summed E-state index contributed by atoms with van der Waals surface area (Å²) in [6.07, 6.45) is 0. The second-order valence-corrected chi connectivity index (χ2v) is 3.11. The Hall–Kier alpha value is -1.35. The molecule has 1 aromatic heterocycles. The molecule has 4 heteroatoms. The predicted octanol–water partition coefficient (Wildman–Crippen LogP) is 1.71. The van der Waals surface area contributed by atoms with Crippen LogP contribution in [0.4, 0.5) is 0 Å². The van der Waals surface area contributed by atoms with Crippen molar-refractivity contribution in [2.75, 3.05) is 0 Å². The topological polar surface area (TPSA) is 34.9 Å². The summed E-state index contributed by atoms with van der Waals surface area (Å²) in [5, 5.41) is 0. The van der Waals surface area contributed by atoms with Crippen molar-refractivity contribution < 1.29 is 0 Å². The predicted molar refractivity (Wildman–Crippen MR) is 52.0 cm³/mol. The molecule has 0 unspecified atom stereocenters. The van der Waals surface area contributed by atoms with E-state index < -0.39 is 0 Å². The van der Waals surface area contributed by atoms with Crippen LogP contribution in [0, 0.1) is 6.92 Å². The van der Waals surface area contributed by atoms with Gasteiger partial charge in [0.25, 0.3) is 5.56 Å². The summed E-state index contributed by atoms with van der Waals surface area (Å²) in [6.45, 7) is 1.65. The minimum Gasteiger partial charge on any atom is -0.266 e. The van der Waals surface area contributed by atoms with Crippen molar-refractivity contribution in [1.29, 1.82) is 0 Å². The van der Waals surface area contributed by atoms with E-state index in [4.69, 9.17) is 11.8 Å². The Morgan fingerprint density at radius 2 is 2.08 bits per heavy atom. The van der Waals surface area contributed by atoms with Crippen molar-refractivity contribution in [1.82, 2.24) is 9.07 Å². The highest BCUT2D eigenvalue weighted by Gasteiger charge is 2.04. The number of rotatable bonds is 0. The van der Waals surface area contributed by atoms with Crippen LogP contribution in [0.15, 0.2) is 29.1 Å². The number of fused-ring (bicyclic) bond motifs is 1. The highest BCUT2D eigenvalue weighted by Crippen LogP contribution is 2.09. The van der Waals surface area contributed by atoms with Crippen LogP contribution in [0.2, 0.25) is 0 Å². The molecule has 0 bridgehead atoms. The maximum absolute atomic E-state index is 11.4. The van der Waals surface area contributed by atoms with Crippen molar-refractivity contribution >= 4 is 22.8 Å². The molecule has 0 amide bonds. The molecule has 2 aromatic rings. The summed E-state index contributed by atoms with van der Waals surface area (Å²) in [5.41, 5.74) is 1.52. The summed E-state index contributed by atoms with van der Waals surface area (Å²) in [7, 11) is 0. The van der Waals surface area contributed by atoms with Crippen molar-refractivity contribution in [3.63, 3.8) is 0 Å². The van der Waals surface area contributed by atoms with Crippen LogP contribution in [0.3, 0.4) is 0 Å². The maximum atomic E-state index is 11.4. The minimum absolute atomic E-state index is 0.264. The molecule has 0 aliphatic rings. The van der Waals surface area contributed by atoms with Crippen LogP contribution in [-0.4, -0.2) is 9.07 Å². The van der Waals surface area contributed by atoms with Crippen LogP contribution in [-0.2, 0) is 0 Å². The lowest BCUT2D eigenvalue weighted by atomic mass is 10.3. The van der Waals surface area contributed by atoms with Crippen molar-refractivity contribution in [2.45, 2.75) is 6.92 Å². The molecule has 0 N–H and O–H groups in total. The fraction of sp³-hybridized carbons (Fsp3) is 0.111. The van der Waals surface area contributed by atoms with E-state index >= 15 is 0 Å². The van der Waals surface area contributed by atoms with Crippen LogP contribution < -0.4 is 5.56 Å². The monoisotopic (exact) mass is 194 g/mol. The molecule has 0 spiro atoms. The Morgan fingerprint density at radius 3 is 2.85 bits per heavy atom. The summed E-state index contributed by atoms with van der Waals surface area (Å²) < 4.78 is 1.09. The first-order valence-electron chi connectivity index (χ1n) is 3.84. The molecule has 66 valence electrons. The minimum atomic E-state index is -0.264. The van der Waals surface area contributed by atoms with Crippen LogP contribution in [0.1, 0.15) is 5.69 Å². The molecule has 0 aliphatic carbocycles. The number of halogens is 1. The van der Waals surface area contributed by atoms with E-state index in [0.29, 0.717) is 11.2 Å². The van der Waals surface area contributed by atoms with Gasteiger partial charge in [-0.3, -0.25) is 4.79 Å². The Bertz CT molecular complexity index is 518. The van der Waals surface area contributed by atoms with E-state index in [9.17, 15) is 4.79 Å². The molecule has 0 aliphatic heterocycles. The molecule has 3 nitrogen and oxygen atoms in total. The highest BCUT2D eigenvalue weighted by molar-refractivity contribution is 6.18. The number of para-hydroxylation sites is 2. The average Bonchev–Trinajstić information content (AvgIpc) is 2.15. The summed E-state index contributed by atoms with van der Waals surface area (Å²) in [5.74, 6) is 0. The second-order valence-electron chi connectivity index (χ2n) is 2.77. The van der Waals surface area contributed by atoms with Gasteiger partial charge in [0.1, 0.15) is 5.69 Å². The molecule has 0 fully saturated rings. The number of hydrogen-bond donors (Lipinski definition) is 0. The van der Waals surface area contributed by atoms with Gasteiger partial charge in [-0.1, -0.05) is 12.1 Å². The molecular weight excluding hydrogens is 188 g/mol. The summed E-state index contributed by atoms with van der Waals surface area (Å²) in [4.78, 5) is 15.5. The van der Waals surface area contributed by atoms with E-state index in [-0.39, 0.29) is 5.56 Å². The first-order chi connectivity index (χ1) is 6.20. The number of benzene rings is 1. The molecule has 0 saturated heterocycles. The average molecular weight is 195 g/mol. The molecule has 13 heavy (non-hydrogen) atoms. The van der Waals surface area contributed by atoms with Gasteiger partial charge in [0.2, 0.25) is 0 Å². The number of aryl methyl sites for hydroxylation is 1. The SMILES string of the molecule is Cc1nc2ccccc2n(Cl)c1=O. The lowest BCUT2D eigenvalue weighted by Gasteiger charge is -2.01. The van der Waals surface area contributed by atoms with Gasteiger partial charge in [0, 0.05) is 11.8 Å². The molecule has 1 aromatic carbocycles. The molecule has 0 atom stereocenters. The van der Waals surface area contributed by atoms with Gasteiger partial charge < -0.3 is 0 Å². The Labute approximate surface area is 79.7 Å². The van der Waals surface area contributed by atoms with Gasteiger partial charge in [-0.05, 0) is 19.1 Å². The van der Waals surface area contributed by atoms with Gasteiger partial charge in [-0.15, -0.1) is 0 Å². The van der Waals surface area contributed by atoms with Gasteiger partial charge >= 0.3 is 0 Å². The third kappa shape index (κ3) is 1.21. The van der Waals surface area contributed by atoms with E-state index in [0.717, 1.165) is 9.60 Å². The Kier molecular flexibility index (Phi) is 1.81. The van der Waals surface area contributed by atoms with E-state index in [1.54, 1.807) is 13.0 Å². The van der Waals surface area contributed by atoms with E-state index in [1.165, 1.54) is 0 Å². The third-order valence-corrected chi connectivity index (χ3v) is 2.20. The first kappa shape index (κ1) is 8.26. The van der Waals surface area contributed by atoms with E-state index in [1.807, 2.05) is 18.2 Å². The van der Waals surface area contributed by atoms with Gasteiger partial charge in [0.05, 0.1) is 11.0 Å². The molecule has 1 heterocycles. The van der Waals surface area contributed by atoms with Crippen molar-refractivity contribution in [3.8, 4) is 0 Å². The highest BCUT2D eigenvalue weighted by atomic mass is 35.5. The zero-order valence-electron chi connectivity index (χ0n) is 6.99. The fourth-order valence-corrected chi connectivity index (χ4v) is 1.47. The molecular formula is C9H7ClN2O.